The maximum absolute atomic E-state index is 14.5. The molecule has 0 spiro atoms. The molecule has 34 heavy (non-hydrogen) atoms. The summed E-state index contributed by atoms with van der Waals surface area (Å²) < 4.78 is 30.6. The van der Waals surface area contributed by atoms with Crippen molar-refractivity contribution < 1.29 is 28.4 Å². The molecule has 0 aliphatic carbocycles. The Bertz CT molecular complexity index is 1080. The number of benzene rings is 2. The monoisotopic (exact) mass is 528 g/mol. The molecule has 6 nitrogen and oxygen atoms in total. The first kappa shape index (κ1) is 28.2. The maximum Gasteiger partial charge on any atom is 0.236 e. The molecule has 0 aliphatic rings. The van der Waals surface area contributed by atoms with E-state index in [9.17, 15) is 14.2 Å². The van der Waals surface area contributed by atoms with E-state index in [2.05, 4.69) is 0 Å². The number of halogens is 2. The van der Waals surface area contributed by atoms with Gasteiger partial charge in [0.1, 0.15) is 22.8 Å². The predicted octanol–water partition coefficient (Wildman–Crippen LogP) is 7.44. The minimum atomic E-state index is -4.29. The van der Waals surface area contributed by atoms with E-state index in [0.717, 1.165) is 0 Å². The minimum Gasteiger partial charge on any atom is -0.496 e. The Morgan fingerprint density at radius 3 is 1.79 bits per heavy atom. The Hall–Kier alpha value is -2.01. The molecule has 0 radical (unpaired) electrons. The summed E-state index contributed by atoms with van der Waals surface area (Å²) in [6.45, 7) is 7.99. The molecule has 0 aliphatic heterocycles. The van der Waals surface area contributed by atoms with Crippen LogP contribution in [-0.2, 0) is 4.57 Å². The normalized spacial score (nSPS) is 14.1. The van der Waals surface area contributed by atoms with Crippen molar-refractivity contribution in [1.29, 1.82) is 0 Å². The van der Waals surface area contributed by atoms with Gasteiger partial charge in [0.05, 0.1) is 36.9 Å². The number of hydrogen-bond donors (Lipinski definition) is 0. The highest BCUT2D eigenvalue weighted by molar-refractivity contribution is 7.95. The lowest BCUT2D eigenvalue weighted by molar-refractivity contribution is 0.103. The molecule has 2 aromatic rings. The van der Waals surface area contributed by atoms with Crippen molar-refractivity contribution in [2.45, 2.75) is 34.1 Å². The molecule has 2 aromatic carbocycles. The van der Waals surface area contributed by atoms with Crippen LogP contribution in [0.1, 0.15) is 54.8 Å². The molecule has 0 N–H and O–H groups in total. The quantitative estimate of drug-likeness (QED) is 0.298. The standard InChI is InChI=1S/C25H31Cl2O6P/c1-15(13-25(2,3)4)14-34(30,23(28)21-17(26)9-8-10-18(21)27)24(29)22-19(32-6)11-16(31-5)12-20(22)33-7/h8-12,15H,13-14H2,1-7H3. The Labute approximate surface area is 211 Å². The zero-order valence-corrected chi connectivity index (χ0v) is 22.9. The Morgan fingerprint density at radius 1 is 0.912 bits per heavy atom. The van der Waals surface area contributed by atoms with Gasteiger partial charge in [-0.1, -0.05) is 57.0 Å². The summed E-state index contributed by atoms with van der Waals surface area (Å²) in [5.74, 6) is 0.336. The van der Waals surface area contributed by atoms with E-state index in [0.29, 0.717) is 12.2 Å². The maximum atomic E-state index is 14.5. The highest BCUT2D eigenvalue weighted by atomic mass is 35.5. The van der Waals surface area contributed by atoms with E-state index < -0.39 is 18.2 Å². The molecule has 2 rings (SSSR count). The number of hydrogen-bond acceptors (Lipinski definition) is 6. The number of methoxy groups -OCH3 is 3. The van der Waals surface area contributed by atoms with Gasteiger partial charge in [-0.3, -0.25) is 9.59 Å². The Morgan fingerprint density at radius 2 is 1.38 bits per heavy atom. The van der Waals surface area contributed by atoms with Crippen molar-refractivity contribution in [2.24, 2.45) is 11.3 Å². The number of carbonyl (C=O) groups is 2. The van der Waals surface area contributed by atoms with E-state index in [1.54, 1.807) is 6.07 Å². The minimum absolute atomic E-state index is 0.0302. The zero-order chi connectivity index (χ0) is 25.8. The molecule has 0 saturated carbocycles. The van der Waals surface area contributed by atoms with Gasteiger partial charge < -0.3 is 18.8 Å². The van der Waals surface area contributed by atoms with E-state index in [-0.39, 0.29) is 50.2 Å². The lowest BCUT2D eigenvalue weighted by atomic mass is 9.86. The number of carbonyl (C=O) groups excluding carboxylic acids is 2. The van der Waals surface area contributed by atoms with Crippen LogP contribution in [0, 0.1) is 11.3 Å². The van der Waals surface area contributed by atoms with Crippen molar-refractivity contribution in [3.8, 4) is 17.2 Å². The molecule has 0 amide bonds. The van der Waals surface area contributed by atoms with Gasteiger partial charge in [0.2, 0.25) is 18.2 Å². The van der Waals surface area contributed by atoms with Crippen LogP contribution in [0.15, 0.2) is 30.3 Å². The topological polar surface area (TPSA) is 78.9 Å². The summed E-state index contributed by atoms with van der Waals surface area (Å²) in [6, 6.07) is 7.48. The first-order valence-electron chi connectivity index (χ1n) is 10.7. The summed E-state index contributed by atoms with van der Waals surface area (Å²) in [5, 5.41) is 0.0605. The second-order valence-corrected chi connectivity index (χ2v) is 12.9. The first-order chi connectivity index (χ1) is 15.8. The van der Waals surface area contributed by atoms with Gasteiger partial charge in [0.15, 0.2) is 0 Å². The van der Waals surface area contributed by atoms with Crippen molar-refractivity contribution >= 4 is 41.4 Å². The Balaban J connectivity index is 2.75. The molecule has 0 bridgehead atoms. The fraction of sp³-hybridized carbons (Fsp3) is 0.440. The lowest BCUT2D eigenvalue weighted by Gasteiger charge is -2.27. The Kier molecular flexibility index (Phi) is 9.26. The van der Waals surface area contributed by atoms with Crippen molar-refractivity contribution in [2.75, 3.05) is 27.5 Å². The van der Waals surface area contributed by atoms with Crippen molar-refractivity contribution in [3.63, 3.8) is 0 Å². The van der Waals surface area contributed by atoms with Gasteiger partial charge in [-0.25, -0.2) is 0 Å². The average Bonchev–Trinajstić information content (AvgIpc) is 2.75. The molecule has 0 fully saturated rings. The van der Waals surface area contributed by atoms with Crippen LogP contribution in [0.2, 0.25) is 10.0 Å². The predicted molar refractivity (Wildman–Crippen MR) is 137 cm³/mol. The summed E-state index contributed by atoms with van der Waals surface area (Å²) in [6.07, 6.45) is 0.493. The molecular formula is C25H31Cl2O6P. The lowest BCUT2D eigenvalue weighted by Crippen LogP contribution is -2.21. The SMILES string of the molecule is COc1cc(OC)c(C(=O)P(=O)(CC(C)CC(C)(C)C)C(=O)c2c(Cl)cccc2Cl)c(OC)c1. The van der Waals surface area contributed by atoms with Crippen LogP contribution in [0.25, 0.3) is 0 Å². The molecule has 2 atom stereocenters. The van der Waals surface area contributed by atoms with Gasteiger partial charge in [-0.15, -0.1) is 0 Å². The second kappa shape index (κ2) is 11.2. The molecule has 186 valence electrons. The van der Waals surface area contributed by atoms with Crippen LogP contribution >= 0.6 is 30.3 Å². The van der Waals surface area contributed by atoms with Crippen LogP contribution in [0.3, 0.4) is 0 Å². The molecule has 0 heterocycles. The highest BCUT2D eigenvalue weighted by Gasteiger charge is 2.46. The molecule has 9 heteroatoms. The first-order valence-corrected chi connectivity index (χ1v) is 13.4. The summed E-state index contributed by atoms with van der Waals surface area (Å²) >= 11 is 12.6. The summed E-state index contributed by atoms with van der Waals surface area (Å²) in [7, 11) is -0.105. The van der Waals surface area contributed by atoms with Gasteiger partial charge in [-0.05, 0) is 29.9 Å². The second-order valence-electron chi connectivity index (χ2n) is 9.41. The number of rotatable bonds is 10. The largest absolute Gasteiger partial charge is 0.496 e. The molecule has 2 unspecified atom stereocenters. The molecule has 0 aromatic heterocycles. The van der Waals surface area contributed by atoms with Gasteiger partial charge in [0, 0.05) is 18.3 Å². The fourth-order valence-electron chi connectivity index (χ4n) is 4.09. The average molecular weight is 529 g/mol. The van der Waals surface area contributed by atoms with Gasteiger partial charge in [0.25, 0.3) is 0 Å². The zero-order valence-electron chi connectivity index (χ0n) is 20.5. The third-order valence-electron chi connectivity index (χ3n) is 5.29. The molecule has 0 saturated heterocycles. The summed E-state index contributed by atoms with van der Waals surface area (Å²) in [4.78, 5) is 27.8. The van der Waals surface area contributed by atoms with Crippen molar-refractivity contribution in [1.82, 2.24) is 0 Å². The fourth-order valence-corrected chi connectivity index (χ4v) is 7.49. The number of ether oxygens (including phenoxy) is 3. The van der Waals surface area contributed by atoms with Crippen LogP contribution in [-0.4, -0.2) is 38.5 Å². The van der Waals surface area contributed by atoms with E-state index in [4.69, 9.17) is 37.4 Å². The van der Waals surface area contributed by atoms with E-state index >= 15 is 0 Å². The van der Waals surface area contributed by atoms with Gasteiger partial charge >= 0.3 is 0 Å². The van der Waals surface area contributed by atoms with Crippen molar-refractivity contribution in [3.05, 3.63) is 51.5 Å². The van der Waals surface area contributed by atoms with E-state index in [1.165, 1.54) is 45.6 Å². The van der Waals surface area contributed by atoms with Crippen LogP contribution < -0.4 is 14.2 Å². The van der Waals surface area contributed by atoms with E-state index in [1.807, 2.05) is 27.7 Å². The van der Waals surface area contributed by atoms with Crippen LogP contribution in [0.4, 0.5) is 0 Å². The third-order valence-corrected chi connectivity index (χ3v) is 8.82. The van der Waals surface area contributed by atoms with Gasteiger partial charge in [-0.2, -0.15) is 0 Å². The third kappa shape index (κ3) is 6.16. The van der Waals surface area contributed by atoms with Crippen LogP contribution in [0.5, 0.6) is 17.2 Å². The molecular weight excluding hydrogens is 498 g/mol. The summed E-state index contributed by atoms with van der Waals surface area (Å²) in [5.41, 5.74) is -2.07. The smallest absolute Gasteiger partial charge is 0.236 e. The highest BCUT2D eigenvalue weighted by Crippen LogP contribution is 2.58.